The first-order valence-corrected chi connectivity index (χ1v) is 14.1. The van der Waals surface area contributed by atoms with Gasteiger partial charge in [-0.25, -0.2) is 0 Å². The zero-order valence-electron chi connectivity index (χ0n) is 24.6. The van der Waals surface area contributed by atoms with E-state index in [1.54, 1.807) is 0 Å². The van der Waals surface area contributed by atoms with Gasteiger partial charge in [-0.05, 0) is 70.0 Å². The van der Waals surface area contributed by atoms with Gasteiger partial charge in [0.2, 0.25) is 0 Å². The molecule has 3 rings (SSSR count). The second-order valence-electron chi connectivity index (χ2n) is 11.4. The van der Waals surface area contributed by atoms with E-state index in [4.69, 9.17) is 9.47 Å². The van der Waals surface area contributed by atoms with Gasteiger partial charge in [0, 0.05) is 49.5 Å². The number of carbonyl (C=O) groups is 1. The Hall–Kier alpha value is -3.11. The predicted octanol–water partition coefficient (Wildman–Crippen LogP) is 3.34. The lowest BCUT2D eigenvalue weighted by Gasteiger charge is -2.32. The maximum atomic E-state index is 11.9. The average Bonchev–Trinajstić information content (AvgIpc) is 2.92. The summed E-state index contributed by atoms with van der Waals surface area (Å²) in [7, 11) is 0. The predicted molar refractivity (Wildman–Crippen MR) is 161 cm³/mol. The lowest BCUT2D eigenvalue weighted by Crippen LogP contribution is -2.55. The molecule has 0 bridgehead atoms. The van der Waals surface area contributed by atoms with Gasteiger partial charge in [-0.2, -0.15) is 0 Å². The summed E-state index contributed by atoms with van der Waals surface area (Å²) >= 11 is 0. The van der Waals surface area contributed by atoms with Gasteiger partial charge in [-0.15, -0.1) is 0 Å². The van der Waals surface area contributed by atoms with Crippen LogP contribution in [0.25, 0.3) is 5.70 Å². The van der Waals surface area contributed by atoms with Gasteiger partial charge in [0.25, 0.3) is 0 Å². The van der Waals surface area contributed by atoms with Gasteiger partial charge in [-0.3, -0.25) is 20.3 Å². The lowest BCUT2D eigenvalue weighted by atomic mass is 9.96. The van der Waals surface area contributed by atoms with Crippen molar-refractivity contribution in [2.24, 2.45) is 0 Å². The number of anilines is 1. The molecule has 220 valence electrons. The fourth-order valence-electron chi connectivity index (χ4n) is 4.47. The molecular formula is C31H47N5O4. The monoisotopic (exact) mass is 553 g/mol. The molecule has 0 aliphatic carbocycles. The summed E-state index contributed by atoms with van der Waals surface area (Å²) in [4.78, 5) is 14.1. The minimum atomic E-state index is -0.504. The standard InChI is InChI=1S/C31H47N5O4/c1-22(2)36(15-17-37)16-18-39-28-13-11-27(12-14-28)35-30-33-19-26(20-34-30)25-9-7-24(8-10-25)23(3)32-21-29(38)40-31(4,5)6/h7-14,22,26,30,32-35,37H,3,15-21H2,1-2,4-6H3. The molecule has 9 nitrogen and oxygen atoms in total. The molecule has 2 aromatic carbocycles. The van der Waals surface area contributed by atoms with E-state index in [1.165, 1.54) is 5.56 Å². The molecule has 0 spiro atoms. The van der Waals surface area contributed by atoms with Crippen molar-refractivity contribution in [2.75, 3.05) is 51.3 Å². The topological polar surface area (TPSA) is 107 Å². The quantitative estimate of drug-likeness (QED) is 0.225. The first-order chi connectivity index (χ1) is 19.0. The van der Waals surface area contributed by atoms with Crippen molar-refractivity contribution in [2.45, 2.75) is 58.5 Å². The summed E-state index contributed by atoms with van der Waals surface area (Å²) in [5, 5.41) is 22.8. The van der Waals surface area contributed by atoms with Crippen LogP contribution in [0.5, 0.6) is 5.75 Å². The fraction of sp³-hybridized carbons (Fsp3) is 0.516. The largest absolute Gasteiger partial charge is 0.492 e. The average molecular weight is 554 g/mol. The molecule has 40 heavy (non-hydrogen) atoms. The van der Waals surface area contributed by atoms with Crippen LogP contribution < -0.4 is 26.0 Å². The van der Waals surface area contributed by atoms with Crippen molar-refractivity contribution in [3.8, 4) is 5.75 Å². The first kappa shape index (κ1) is 31.4. The Kier molecular flexibility index (Phi) is 11.8. The van der Waals surface area contributed by atoms with Crippen LogP contribution in [0.15, 0.2) is 55.1 Å². The Morgan fingerprint density at radius 2 is 1.73 bits per heavy atom. The number of aliphatic hydroxyl groups excluding tert-OH is 1. The number of carbonyl (C=O) groups excluding carboxylic acids is 1. The highest BCUT2D eigenvalue weighted by Gasteiger charge is 2.21. The second-order valence-corrected chi connectivity index (χ2v) is 11.4. The van der Waals surface area contributed by atoms with E-state index in [-0.39, 0.29) is 25.4 Å². The zero-order valence-corrected chi connectivity index (χ0v) is 24.6. The molecule has 1 fully saturated rings. The Labute approximate surface area is 239 Å². The molecule has 0 unspecified atom stereocenters. The number of benzene rings is 2. The summed E-state index contributed by atoms with van der Waals surface area (Å²) < 4.78 is 11.2. The van der Waals surface area contributed by atoms with E-state index in [9.17, 15) is 9.90 Å². The maximum absolute atomic E-state index is 11.9. The fourth-order valence-corrected chi connectivity index (χ4v) is 4.47. The molecule has 2 aromatic rings. The summed E-state index contributed by atoms with van der Waals surface area (Å²) in [6.45, 7) is 17.8. The highest BCUT2D eigenvalue weighted by molar-refractivity contribution is 5.75. The van der Waals surface area contributed by atoms with Gasteiger partial charge >= 0.3 is 5.97 Å². The summed E-state index contributed by atoms with van der Waals surface area (Å²) in [6, 6.07) is 16.6. The molecule has 1 aliphatic rings. The van der Waals surface area contributed by atoms with Gasteiger partial charge in [0.05, 0.1) is 6.61 Å². The van der Waals surface area contributed by atoms with Crippen LogP contribution in [0.3, 0.4) is 0 Å². The Morgan fingerprint density at radius 3 is 2.30 bits per heavy atom. The molecule has 1 heterocycles. The van der Waals surface area contributed by atoms with Crippen molar-refractivity contribution >= 4 is 17.4 Å². The lowest BCUT2D eigenvalue weighted by molar-refractivity contribution is -0.153. The Morgan fingerprint density at radius 1 is 1.07 bits per heavy atom. The van der Waals surface area contributed by atoms with Gasteiger partial charge in [0.15, 0.2) is 0 Å². The molecule has 0 amide bonds. The molecule has 1 saturated heterocycles. The Bertz CT molecular complexity index is 1060. The minimum absolute atomic E-state index is 0.0304. The van der Waals surface area contributed by atoms with Crippen molar-refractivity contribution in [1.82, 2.24) is 20.9 Å². The second kappa shape index (κ2) is 15.0. The SMILES string of the molecule is C=C(NCC(=O)OC(C)(C)C)c1ccc(C2CNC(Nc3ccc(OCCN(CCO)C(C)C)cc3)NC2)cc1. The number of nitrogens with zero attached hydrogens (tertiary/aromatic N) is 1. The van der Waals surface area contributed by atoms with Gasteiger partial charge in [0.1, 0.15) is 30.8 Å². The van der Waals surface area contributed by atoms with Crippen LogP contribution >= 0.6 is 0 Å². The van der Waals surface area contributed by atoms with Crippen LogP contribution in [0.4, 0.5) is 5.69 Å². The van der Waals surface area contributed by atoms with Crippen LogP contribution in [0, 0.1) is 0 Å². The van der Waals surface area contributed by atoms with E-state index in [2.05, 4.69) is 58.7 Å². The van der Waals surface area contributed by atoms with E-state index >= 15 is 0 Å². The van der Waals surface area contributed by atoms with Crippen molar-refractivity contribution < 1.29 is 19.4 Å². The van der Waals surface area contributed by atoms with Gasteiger partial charge < -0.3 is 25.2 Å². The number of hydrogen-bond acceptors (Lipinski definition) is 9. The molecule has 0 atom stereocenters. The highest BCUT2D eigenvalue weighted by Crippen LogP contribution is 2.21. The van der Waals surface area contributed by atoms with E-state index in [0.29, 0.717) is 30.8 Å². The van der Waals surface area contributed by atoms with Crippen LogP contribution in [-0.4, -0.2) is 79.8 Å². The summed E-state index contributed by atoms with van der Waals surface area (Å²) in [5.74, 6) is 0.858. The van der Waals surface area contributed by atoms with Crippen molar-refractivity contribution in [1.29, 1.82) is 0 Å². The smallest absolute Gasteiger partial charge is 0.325 e. The van der Waals surface area contributed by atoms with Crippen LogP contribution in [-0.2, 0) is 9.53 Å². The Balaban J connectivity index is 1.39. The number of rotatable bonds is 14. The number of hydrogen-bond donors (Lipinski definition) is 5. The molecule has 0 saturated carbocycles. The van der Waals surface area contributed by atoms with Gasteiger partial charge in [-0.1, -0.05) is 30.8 Å². The normalized spacial score (nSPS) is 17.5. The van der Waals surface area contributed by atoms with E-state index in [1.807, 2.05) is 57.2 Å². The number of ether oxygens (including phenoxy) is 2. The van der Waals surface area contributed by atoms with Crippen molar-refractivity contribution in [3.63, 3.8) is 0 Å². The maximum Gasteiger partial charge on any atom is 0.325 e. The summed E-state index contributed by atoms with van der Waals surface area (Å²) in [5.41, 5.74) is 3.37. The molecular weight excluding hydrogens is 506 g/mol. The zero-order chi connectivity index (χ0) is 29.1. The van der Waals surface area contributed by atoms with Crippen molar-refractivity contribution in [3.05, 3.63) is 66.2 Å². The molecule has 1 aliphatic heterocycles. The highest BCUT2D eigenvalue weighted by atomic mass is 16.6. The third kappa shape index (κ3) is 10.5. The third-order valence-electron chi connectivity index (χ3n) is 6.66. The number of nitrogens with one attached hydrogen (secondary N) is 4. The minimum Gasteiger partial charge on any atom is -0.492 e. The first-order valence-electron chi connectivity index (χ1n) is 14.1. The molecule has 9 heteroatoms. The van der Waals surface area contributed by atoms with Crippen LogP contribution in [0.1, 0.15) is 51.7 Å². The third-order valence-corrected chi connectivity index (χ3v) is 6.66. The van der Waals surface area contributed by atoms with E-state index in [0.717, 1.165) is 36.6 Å². The van der Waals surface area contributed by atoms with Crippen LogP contribution in [0.2, 0.25) is 0 Å². The molecule has 5 N–H and O–H groups in total. The number of aliphatic hydroxyl groups is 1. The summed E-state index contributed by atoms with van der Waals surface area (Å²) in [6.07, 6.45) is -0.0304. The molecule has 0 radical (unpaired) electrons. The van der Waals surface area contributed by atoms with E-state index < -0.39 is 5.60 Å². The molecule has 0 aromatic heterocycles. The number of esters is 1.